The van der Waals surface area contributed by atoms with E-state index in [0.717, 1.165) is 17.5 Å². The van der Waals surface area contributed by atoms with E-state index in [9.17, 15) is 13.2 Å². The highest BCUT2D eigenvalue weighted by Crippen LogP contribution is 2.26. The number of nitrogens with one attached hydrogen (secondary N) is 1. The largest absolute Gasteiger partial charge is 0.353 e. The average Bonchev–Trinajstić information content (AvgIpc) is 2.60. The maximum Gasteiger partial charge on any atom is 0.244 e. The fourth-order valence-electron chi connectivity index (χ4n) is 3.30. The van der Waals surface area contributed by atoms with Gasteiger partial charge in [0.1, 0.15) is 0 Å². The molecule has 0 radical (unpaired) electrons. The molecule has 0 aliphatic heterocycles. The van der Waals surface area contributed by atoms with Gasteiger partial charge in [-0.15, -0.1) is 0 Å². The summed E-state index contributed by atoms with van der Waals surface area (Å²) in [5.74, 6) is -0.295. The second-order valence-corrected chi connectivity index (χ2v) is 9.24. The standard InChI is InChI=1S/C22H30N2O3S/c1-6-19(5)23-21(25)15-24(14-20-10-8-7-9-11-20)28(26,27)22-17(3)12-16(2)13-18(22)4/h7-13,19H,6,14-15H2,1-5H3,(H,23,25)/t19-/m0/s1. The minimum absolute atomic E-state index is 0.00312. The molecule has 1 N–H and O–H groups in total. The summed E-state index contributed by atoms with van der Waals surface area (Å²) in [5.41, 5.74) is 3.23. The first-order valence-corrected chi connectivity index (χ1v) is 11.0. The third-order valence-corrected chi connectivity index (χ3v) is 6.84. The highest BCUT2D eigenvalue weighted by atomic mass is 32.2. The van der Waals surface area contributed by atoms with Crippen LogP contribution in [0, 0.1) is 20.8 Å². The Hall–Kier alpha value is -2.18. The van der Waals surface area contributed by atoms with Gasteiger partial charge in [-0.3, -0.25) is 4.79 Å². The van der Waals surface area contributed by atoms with Gasteiger partial charge in [0.15, 0.2) is 0 Å². The second kappa shape index (κ2) is 9.34. The molecule has 1 amide bonds. The lowest BCUT2D eigenvalue weighted by Crippen LogP contribution is -2.43. The molecule has 152 valence electrons. The molecule has 0 heterocycles. The molecule has 0 unspecified atom stereocenters. The van der Waals surface area contributed by atoms with E-state index in [4.69, 9.17) is 0 Å². The second-order valence-electron chi connectivity index (χ2n) is 7.36. The summed E-state index contributed by atoms with van der Waals surface area (Å²) in [6.45, 7) is 9.35. The first-order chi connectivity index (χ1) is 13.1. The van der Waals surface area contributed by atoms with Crippen LogP contribution in [-0.2, 0) is 21.4 Å². The lowest BCUT2D eigenvalue weighted by molar-refractivity contribution is -0.122. The molecule has 6 heteroatoms. The van der Waals surface area contributed by atoms with Gasteiger partial charge >= 0.3 is 0 Å². The lowest BCUT2D eigenvalue weighted by atomic mass is 10.1. The number of carbonyl (C=O) groups excluding carboxylic acids is 1. The first kappa shape index (κ1) is 22.1. The molecular formula is C22H30N2O3S. The van der Waals surface area contributed by atoms with E-state index in [1.165, 1.54) is 4.31 Å². The quantitative estimate of drug-likeness (QED) is 0.732. The van der Waals surface area contributed by atoms with E-state index in [1.807, 2.05) is 63.2 Å². The lowest BCUT2D eigenvalue weighted by Gasteiger charge is -2.25. The number of hydrogen-bond acceptors (Lipinski definition) is 3. The molecule has 2 aromatic carbocycles. The Kier molecular flexibility index (Phi) is 7.38. The number of aryl methyl sites for hydroxylation is 3. The van der Waals surface area contributed by atoms with Crippen molar-refractivity contribution in [2.75, 3.05) is 6.54 Å². The fourth-order valence-corrected chi connectivity index (χ4v) is 5.09. The van der Waals surface area contributed by atoms with Gasteiger partial charge in [-0.1, -0.05) is 55.0 Å². The number of rotatable bonds is 8. The van der Waals surface area contributed by atoms with Gasteiger partial charge in [-0.05, 0) is 50.8 Å². The molecule has 0 bridgehead atoms. The van der Waals surface area contributed by atoms with E-state index >= 15 is 0 Å². The van der Waals surface area contributed by atoms with Crippen LogP contribution in [0.1, 0.15) is 42.5 Å². The van der Waals surface area contributed by atoms with Gasteiger partial charge in [0.25, 0.3) is 0 Å². The third kappa shape index (κ3) is 5.42. The molecule has 0 saturated carbocycles. The molecule has 0 aromatic heterocycles. The maximum atomic E-state index is 13.5. The Morgan fingerprint density at radius 3 is 2.18 bits per heavy atom. The molecule has 2 rings (SSSR count). The predicted molar refractivity (Wildman–Crippen MR) is 113 cm³/mol. The monoisotopic (exact) mass is 402 g/mol. The summed E-state index contributed by atoms with van der Waals surface area (Å²) in [6, 6.07) is 13.1. The van der Waals surface area contributed by atoms with E-state index in [-0.39, 0.29) is 29.9 Å². The summed E-state index contributed by atoms with van der Waals surface area (Å²) in [6.07, 6.45) is 0.785. The van der Waals surface area contributed by atoms with Gasteiger partial charge in [0.05, 0.1) is 11.4 Å². The average molecular weight is 403 g/mol. The fraction of sp³-hybridized carbons (Fsp3) is 0.409. The van der Waals surface area contributed by atoms with Crippen LogP contribution in [0.5, 0.6) is 0 Å². The van der Waals surface area contributed by atoms with Crippen molar-refractivity contribution in [1.82, 2.24) is 9.62 Å². The van der Waals surface area contributed by atoms with Crippen molar-refractivity contribution in [3.05, 3.63) is 64.7 Å². The topological polar surface area (TPSA) is 66.5 Å². The Balaban J connectivity index is 2.43. The predicted octanol–water partition coefficient (Wildman–Crippen LogP) is 3.72. The zero-order valence-electron chi connectivity index (χ0n) is 17.3. The van der Waals surface area contributed by atoms with Crippen LogP contribution in [0.4, 0.5) is 0 Å². The number of sulfonamides is 1. The van der Waals surface area contributed by atoms with Gasteiger partial charge in [-0.2, -0.15) is 4.31 Å². The number of benzene rings is 2. The van der Waals surface area contributed by atoms with Crippen molar-refractivity contribution in [2.45, 2.75) is 58.5 Å². The van der Waals surface area contributed by atoms with Gasteiger partial charge in [0.2, 0.25) is 15.9 Å². The van der Waals surface area contributed by atoms with Crippen LogP contribution in [0.3, 0.4) is 0 Å². The Morgan fingerprint density at radius 2 is 1.64 bits per heavy atom. The molecule has 0 aliphatic carbocycles. The summed E-state index contributed by atoms with van der Waals surface area (Å²) in [7, 11) is -3.84. The summed E-state index contributed by atoms with van der Waals surface area (Å²) in [4.78, 5) is 12.8. The molecule has 0 saturated heterocycles. The van der Waals surface area contributed by atoms with Crippen LogP contribution < -0.4 is 5.32 Å². The van der Waals surface area contributed by atoms with Gasteiger partial charge < -0.3 is 5.32 Å². The molecular weight excluding hydrogens is 372 g/mol. The number of hydrogen-bond donors (Lipinski definition) is 1. The molecule has 5 nitrogen and oxygen atoms in total. The number of nitrogens with zero attached hydrogens (tertiary/aromatic N) is 1. The van der Waals surface area contributed by atoms with Gasteiger partial charge in [0, 0.05) is 12.6 Å². The molecule has 0 fully saturated rings. The molecule has 0 aliphatic rings. The Bertz CT molecular complexity index is 901. The molecule has 2 aromatic rings. The third-order valence-electron chi connectivity index (χ3n) is 4.74. The molecule has 0 spiro atoms. The van der Waals surface area contributed by atoms with Crippen LogP contribution in [0.25, 0.3) is 0 Å². The summed E-state index contributed by atoms with van der Waals surface area (Å²) in [5, 5.41) is 2.86. The number of amides is 1. The maximum absolute atomic E-state index is 13.5. The van der Waals surface area contributed by atoms with Crippen molar-refractivity contribution in [2.24, 2.45) is 0 Å². The zero-order chi connectivity index (χ0) is 20.9. The van der Waals surface area contributed by atoms with Crippen molar-refractivity contribution in [3.63, 3.8) is 0 Å². The molecule has 1 atom stereocenters. The highest BCUT2D eigenvalue weighted by molar-refractivity contribution is 7.89. The first-order valence-electron chi connectivity index (χ1n) is 9.56. The minimum Gasteiger partial charge on any atom is -0.353 e. The van der Waals surface area contributed by atoms with Crippen LogP contribution in [0.2, 0.25) is 0 Å². The van der Waals surface area contributed by atoms with E-state index in [1.54, 1.807) is 13.8 Å². The van der Waals surface area contributed by atoms with E-state index in [0.29, 0.717) is 11.1 Å². The smallest absolute Gasteiger partial charge is 0.244 e. The molecule has 28 heavy (non-hydrogen) atoms. The van der Waals surface area contributed by atoms with Crippen molar-refractivity contribution in [3.8, 4) is 0 Å². The SMILES string of the molecule is CC[C@H](C)NC(=O)CN(Cc1ccccc1)S(=O)(=O)c1c(C)cc(C)cc1C. The summed E-state index contributed by atoms with van der Waals surface area (Å²) < 4.78 is 28.3. The number of carbonyl (C=O) groups is 1. The zero-order valence-corrected chi connectivity index (χ0v) is 18.1. The Labute approximate surface area is 168 Å². The van der Waals surface area contributed by atoms with Crippen molar-refractivity contribution in [1.29, 1.82) is 0 Å². The minimum atomic E-state index is -3.84. The van der Waals surface area contributed by atoms with Crippen molar-refractivity contribution < 1.29 is 13.2 Å². The van der Waals surface area contributed by atoms with Crippen molar-refractivity contribution >= 4 is 15.9 Å². The normalized spacial score (nSPS) is 12.8. The van der Waals surface area contributed by atoms with Crippen LogP contribution in [0.15, 0.2) is 47.4 Å². The Morgan fingerprint density at radius 1 is 1.07 bits per heavy atom. The van der Waals surface area contributed by atoms with Gasteiger partial charge in [-0.25, -0.2) is 8.42 Å². The van der Waals surface area contributed by atoms with E-state index < -0.39 is 10.0 Å². The van der Waals surface area contributed by atoms with Crippen LogP contribution in [-0.4, -0.2) is 31.2 Å². The highest BCUT2D eigenvalue weighted by Gasteiger charge is 2.30. The van der Waals surface area contributed by atoms with Crippen LogP contribution >= 0.6 is 0 Å². The van der Waals surface area contributed by atoms with E-state index in [2.05, 4.69) is 5.32 Å². The summed E-state index contributed by atoms with van der Waals surface area (Å²) >= 11 is 0.